The van der Waals surface area contributed by atoms with Crippen molar-refractivity contribution in [2.75, 3.05) is 17.7 Å². The first-order chi connectivity index (χ1) is 9.60. The number of anilines is 2. The van der Waals surface area contributed by atoms with Gasteiger partial charge in [-0.1, -0.05) is 0 Å². The van der Waals surface area contributed by atoms with Gasteiger partial charge in [-0.25, -0.2) is 9.78 Å². The van der Waals surface area contributed by atoms with Crippen LogP contribution in [0.3, 0.4) is 0 Å². The van der Waals surface area contributed by atoms with Crippen LogP contribution in [-0.2, 0) is 18.3 Å². The van der Waals surface area contributed by atoms with Gasteiger partial charge in [0.2, 0.25) is 0 Å². The van der Waals surface area contributed by atoms with Crippen molar-refractivity contribution >= 4 is 17.3 Å². The fourth-order valence-corrected chi connectivity index (χ4v) is 1.70. The molecule has 0 spiro atoms. The van der Waals surface area contributed by atoms with Crippen LogP contribution in [0.25, 0.3) is 0 Å². The zero-order valence-electron chi connectivity index (χ0n) is 11.5. The summed E-state index contributed by atoms with van der Waals surface area (Å²) in [5, 5.41) is 7.28. The zero-order valence-corrected chi connectivity index (χ0v) is 11.5. The van der Waals surface area contributed by atoms with E-state index in [2.05, 4.69) is 15.4 Å². The molecule has 0 fully saturated rings. The number of nitrogen functional groups attached to an aromatic ring is 1. The molecule has 106 valence electrons. The lowest BCUT2D eigenvalue weighted by atomic mass is 10.1. The second kappa shape index (κ2) is 6.05. The Labute approximate surface area is 116 Å². The van der Waals surface area contributed by atoms with Crippen LogP contribution < -0.4 is 11.1 Å². The number of aryl methyl sites for hydroxylation is 1. The van der Waals surface area contributed by atoms with Gasteiger partial charge in [-0.15, -0.1) is 0 Å². The highest BCUT2D eigenvalue weighted by Gasteiger charge is 2.09. The number of hydrogen-bond acceptors (Lipinski definition) is 6. The van der Waals surface area contributed by atoms with E-state index < -0.39 is 0 Å². The molecule has 7 heteroatoms. The number of hydrogen-bond donors (Lipinski definition) is 2. The molecule has 2 aromatic rings. The SMILES string of the molecule is CCOC(=O)c1ccc(NCc2ncn(C)n2)c(N)c1. The Balaban J connectivity index is 2.04. The molecule has 0 aliphatic carbocycles. The van der Waals surface area contributed by atoms with Gasteiger partial charge >= 0.3 is 5.97 Å². The van der Waals surface area contributed by atoms with Gasteiger partial charge in [-0.05, 0) is 25.1 Å². The molecule has 1 aromatic carbocycles. The van der Waals surface area contributed by atoms with Crippen LogP contribution in [0.15, 0.2) is 24.5 Å². The van der Waals surface area contributed by atoms with Crippen molar-refractivity contribution in [1.82, 2.24) is 14.8 Å². The summed E-state index contributed by atoms with van der Waals surface area (Å²) in [6.07, 6.45) is 1.63. The predicted octanol–water partition coefficient (Wildman–Crippen LogP) is 1.19. The van der Waals surface area contributed by atoms with E-state index in [1.54, 1.807) is 43.2 Å². The molecule has 1 aromatic heterocycles. The van der Waals surface area contributed by atoms with E-state index in [1.807, 2.05) is 0 Å². The predicted molar refractivity (Wildman–Crippen MR) is 75.1 cm³/mol. The smallest absolute Gasteiger partial charge is 0.338 e. The van der Waals surface area contributed by atoms with Gasteiger partial charge in [0.1, 0.15) is 6.33 Å². The van der Waals surface area contributed by atoms with E-state index in [0.29, 0.717) is 30.2 Å². The van der Waals surface area contributed by atoms with E-state index in [4.69, 9.17) is 10.5 Å². The highest BCUT2D eigenvalue weighted by Crippen LogP contribution is 2.20. The number of benzene rings is 1. The number of nitrogens with zero attached hydrogens (tertiary/aromatic N) is 3. The Morgan fingerprint density at radius 3 is 2.90 bits per heavy atom. The molecular weight excluding hydrogens is 258 g/mol. The number of carbonyl (C=O) groups excluding carboxylic acids is 1. The van der Waals surface area contributed by atoms with Crippen molar-refractivity contribution in [3.05, 3.63) is 35.9 Å². The van der Waals surface area contributed by atoms with Gasteiger partial charge in [-0.2, -0.15) is 5.10 Å². The third kappa shape index (κ3) is 3.25. The number of esters is 1. The van der Waals surface area contributed by atoms with Gasteiger partial charge in [0.05, 0.1) is 30.1 Å². The van der Waals surface area contributed by atoms with Crippen LogP contribution in [-0.4, -0.2) is 27.3 Å². The fourth-order valence-electron chi connectivity index (χ4n) is 1.70. The fraction of sp³-hybridized carbons (Fsp3) is 0.308. The molecule has 0 amide bonds. The Morgan fingerprint density at radius 2 is 2.30 bits per heavy atom. The summed E-state index contributed by atoms with van der Waals surface area (Å²) >= 11 is 0. The van der Waals surface area contributed by atoms with Gasteiger partial charge < -0.3 is 15.8 Å². The van der Waals surface area contributed by atoms with Crippen molar-refractivity contribution in [3.63, 3.8) is 0 Å². The third-order valence-electron chi connectivity index (χ3n) is 2.65. The lowest BCUT2D eigenvalue weighted by Gasteiger charge is -2.09. The number of ether oxygens (including phenoxy) is 1. The second-order valence-electron chi connectivity index (χ2n) is 4.21. The first kappa shape index (κ1) is 13.9. The molecule has 2 rings (SSSR count). The van der Waals surface area contributed by atoms with Crippen LogP contribution in [0.5, 0.6) is 0 Å². The minimum atomic E-state index is -0.378. The lowest BCUT2D eigenvalue weighted by Crippen LogP contribution is -2.08. The summed E-state index contributed by atoms with van der Waals surface area (Å²) in [4.78, 5) is 15.7. The first-order valence-corrected chi connectivity index (χ1v) is 6.25. The van der Waals surface area contributed by atoms with Crippen LogP contribution in [0.4, 0.5) is 11.4 Å². The molecule has 0 aliphatic rings. The molecular formula is C13H17N5O2. The van der Waals surface area contributed by atoms with E-state index in [0.717, 1.165) is 5.69 Å². The van der Waals surface area contributed by atoms with Crippen LogP contribution in [0.1, 0.15) is 23.1 Å². The van der Waals surface area contributed by atoms with E-state index in [-0.39, 0.29) is 5.97 Å². The van der Waals surface area contributed by atoms with Gasteiger partial charge in [0, 0.05) is 7.05 Å². The van der Waals surface area contributed by atoms with Crippen molar-refractivity contribution in [2.24, 2.45) is 7.05 Å². The minimum absolute atomic E-state index is 0.337. The average molecular weight is 275 g/mol. The lowest BCUT2D eigenvalue weighted by molar-refractivity contribution is 0.0526. The Kier molecular flexibility index (Phi) is 4.19. The number of aromatic nitrogens is 3. The van der Waals surface area contributed by atoms with Gasteiger partial charge in [0.25, 0.3) is 0 Å². The number of rotatable bonds is 5. The minimum Gasteiger partial charge on any atom is -0.462 e. The number of carbonyl (C=O) groups is 1. The number of nitrogens with two attached hydrogens (primary N) is 1. The highest BCUT2D eigenvalue weighted by molar-refractivity contribution is 5.91. The summed E-state index contributed by atoms with van der Waals surface area (Å²) in [7, 11) is 1.80. The van der Waals surface area contributed by atoms with Crippen molar-refractivity contribution < 1.29 is 9.53 Å². The molecule has 0 saturated heterocycles. The molecule has 3 N–H and O–H groups in total. The average Bonchev–Trinajstić information content (AvgIpc) is 2.83. The highest BCUT2D eigenvalue weighted by atomic mass is 16.5. The van der Waals surface area contributed by atoms with Crippen molar-refractivity contribution in [1.29, 1.82) is 0 Å². The van der Waals surface area contributed by atoms with E-state index in [9.17, 15) is 4.79 Å². The van der Waals surface area contributed by atoms with E-state index >= 15 is 0 Å². The molecule has 20 heavy (non-hydrogen) atoms. The van der Waals surface area contributed by atoms with Crippen LogP contribution in [0.2, 0.25) is 0 Å². The maximum atomic E-state index is 11.6. The normalized spacial score (nSPS) is 10.3. The molecule has 0 atom stereocenters. The molecule has 7 nitrogen and oxygen atoms in total. The van der Waals surface area contributed by atoms with Crippen LogP contribution in [0, 0.1) is 0 Å². The number of nitrogens with one attached hydrogen (secondary N) is 1. The third-order valence-corrected chi connectivity index (χ3v) is 2.65. The summed E-state index contributed by atoms with van der Waals surface area (Å²) in [6, 6.07) is 5.00. The quantitative estimate of drug-likeness (QED) is 0.628. The Morgan fingerprint density at radius 1 is 1.50 bits per heavy atom. The first-order valence-electron chi connectivity index (χ1n) is 6.25. The molecule has 1 heterocycles. The zero-order chi connectivity index (χ0) is 14.5. The Hall–Kier alpha value is -2.57. The summed E-state index contributed by atoms with van der Waals surface area (Å²) in [6.45, 7) is 2.56. The van der Waals surface area contributed by atoms with Crippen LogP contribution >= 0.6 is 0 Å². The monoisotopic (exact) mass is 275 g/mol. The topological polar surface area (TPSA) is 95.1 Å². The van der Waals surface area contributed by atoms with Gasteiger partial charge in [0.15, 0.2) is 5.82 Å². The molecule has 0 radical (unpaired) electrons. The molecule has 0 unspecified atom stereocenters. The van der Waals surface area contributed by atoms with Crippen molar-refractivity contribution in [3.8, 4) is 0 Å². The maximum absolute atomic E-state index is 11.6. The summed E-state index contributed by atoms with van der Waals surface area (Å²) in [5.74, 6) is 0.290. The summed E-state index contributed by atoms with van der Waals surface area (Å²) in [5.41, 5.74) is 7.55. The maximum Gasteiger partial charge on any atom is 0.338 e. The van der Waals surface area contributed by atoms with Crippen molar-refractivity contribution in [2.45, 2.75) is 13.5 Å². The van der Waals surface area contributed by atoms with Gasteiger partial charge in [-0.3, -0.25) is 4.68 Å². The largest absolute Gasteiger partial charge is 0.462 e. The van der Waals surface area contributed by atoms with E-state index in [1.165, 1.54) is 0 Å². The molecule has 0 bridgehead atoms. The molecule has 0 saturated carbocycles. The summed E-state index contributed by atoms with van der Waals surface area (Å²) < 4.78 is 6.55. The molecule has 0 aliphatic heterocycles. The standard InChI is InChI=1S/C13H17N5O2/c1-3-20-13(19)9-4-5-11(10(14)6-9)15-7-12-16-8-18(2)17-12/h4-6,8,15H,3,7,14H2,1-2H3. The second-order valence-corrected chi connectivity index (χ2v) is 4.21. The Bertz CT molecular complexity index is 609.